The van der Waals surface area contributed by atoms with Crippen LogP contribution < -0.4 is 4.74 Å². The lowest BCUT2D eigenvalue weighted by Crippen LogP contribution is -2.06. The molecule has 0 fully saturated rings. The summed E-state index contributed by atoms with van der Waals surface area (Å²) in [5.41, 5.74) is 0. The Morgan fingerprint density at radius 2 is 2.36 bits per heavy atom. The van der Waals surface area contributed by atoms with Gasteiger partial charge in [-0.3, -0.25) is 0 Å². The Bertz CT molecular complexity index is 281. The van der Waals surface area contributed by atoms with Crippen molar-refractivity contribution in [1.82, 2.24) is 9.97 Å². The molecule has 0 spiro atoms. The summed E-state index contributed by atoms with van der Waals surface area (Å²) in [4.78, 5) is 8.90. The molecule has 1 heterocycles. The van der Waals surface area contributed by atoms with Crippen LogP contribution in [-0.2, 0) is 6.42 Å². The topological polar surface area (TPSA) is 35.0 Å². The molecule has 1 atom stereocenters. The summed E-state index contributed by atoms with van der Waals surface area (Å²) < 4.78 is 5.03. The van der Waals surface area contributed by atoms with Crippen LogP contribution in [0, 0.1) is 0 Å². The molecule has 0 aliphatic rings. The molecule has 14 heavy (non-hydrogen) atoms. The lowest BCUT2D eigenvalue weighted by molar-refractivity contribution is 0.394. The normalized spacial score (nSPS) is 12.5. The average molecular weight is 259 g/mol. The van der Waals surface area contributed by atoms with Crippen LogP contribution in [0.2, 0.25) is 0 Å². The zero-order valence-corrected chi connectivity index (χ0v) is 10.1. The van der Waals surface area contributed by atoms with Crippen LogP contribution in [0.1, 0.15) is 25.6 Å². The van der Waals surface area contributed by atoms with Gasteiger partial charge in [0.15, 0.2) is 0 Å². The average Bonchev–Trinajstić information content (AvgIpc) is 2.18. The monoisotopic (exact) mass is 258 g/mol. The molecule has 1 aromatic heterocycles. The van der Waals surface area contributed by atoms with Gasteiger partial charge in [-0.25, -0.2) is 4.98 Å². The van der Waals surface area contributed by atoms with E-state index in [4.69, 9.17) is 4.74 Å². The first kappa shape index (κ1) is 11.4. The second-order valence-corrected chi connectivity index (χ2v) is 4.40. The summed E-state index contributed by atoms with van der Waals surface area (Å²) >= 11 is 3.60. The van der Waals surface area contributed by atoms with E-state index >= 15 is 0 Å². The predicted octanol–water partition coefficient (Wildman–Crippen LogP) is 2.59. The lowest BCUT2D eigenvalue weighted by Gasteiger charge is -2.07. The Hall–Kier alpha value is -0.640. The maximum Gasteiger partial charge on any atom is 0.216 e. The predicted molar refractivity (Wildman–Crippen MR) is 59.9 cm³/mol. The van der Waals surface area contributed by atoms with E-state index in [0.717, 1.165) is 18.7 Å². The number of halogens is 1. The maximum absolute atomic E-state index is 5.03. The van der Waals surface area contributed by atoms with Crippen LogP contribution in [0.15, 0.2) is 12.3 Å². The third-order valence-electron chi connectivity index (χ3n) is 1.90. The molecule has 1 rings (SSSR count). The highest BCUT2D eigenvalue weighted by atomic mass is 79.9. The van der Waals surface area contributed by atoms with Crippen molar-refractivity contribution < 1.29 is 4.74 Å². The van der Waals surface area contributed by atoms with E-state index in [-0.39, 0.29) is 0 Å². The molecule has 0 amide bonds. The fraction of sp³-hybridized carbons (Fsp3) is 0.600. The van der Waals surface area contributed by atoms with Crippen molar-refractivity contribution >= 4 is 15.9 Å². The molecule has 0 aliphatic carbocycles. The summed E-state index contributed by atoms with van der Waals surface area (Å²) in [6.07, 6.45) is 4.89. The second kappa shape index (κ2) is 5.96. The van der Waals surface area contributed by atoms with Gasteiger partial charge in [0, 0.05) is 23.5 Å². The molecule has 0 saturated heterocycles. The van der Waals surface area contributed by atoms with Crippen molar-refractivity contribution in [3.8, 4) is 5.88 Å². The Morgan fingerprint density at radius 3 is 3.00 bits per heavy atom. The number of ether oxygens (including phenoxy) is 1. The van der Waals surface area contributed by atoms with Gasteiger partial charge in [-0.05, 0) is 6.42 Å². The SMILES string of the molecule is CCCC(Br)Cc1nccc(OC)n1. The number of hydrogen-bond donors (Lipinski definition) is 0. The van der Waals surface area contributed by atoms with Crippen LogP contribution in [0.3, 0.4) is 0 Å². The highest BCUT2D eigenvalue weighted by Gasteiger charge is 2.07. The van der Waals surface area contributed by atoms with Gasteiger partial charge >= 0.3 is 0 Å². The molecule has 0 N–H and O–H groups in total. The standard InChI is InChI=1S/C10H15BrN2O/c1-3-4-8(11)7-9-12-6-5-10(13-9)14-2/h5-6,8H,3-4,7H2,1-2H3. The molecular weight excluding hydrogens is 244 g/mol. The van der Waals surface area contributed by atoms with E-state index in [1.165, 1.54) is 6.42 Å². The smallest absolute Gasteiger partial charge is 0.216 e. The molecular formula is C10H15BrN2O. The van der Waals surface area contributed by atoms with E-state index in [9.17, 15) is 0 Å². The second-order valence-electron chi connectivity index (χ2n) is 3.11. The summed E-state index contributed by atoms with van der Waals surface area (Å²) in [5, 5.41) is 0. The highest BCUT2D eigenvalue weighted by molar-refractivity contribution is 9.09. The Morgan fingerprint density at radius 1 is 1.57 bits per heavy atom. The van der Waals surface area contributed by atoms with Gasteiger partial charge in [0.2, 0.25) is 5.88 Å². The molecule has 3 nitrogen and oxygen atoms in total. The van der Waals surface area contributed by atoms with Crippen LogP contribution in [0.25, 0.3) is 0 Å². The minimum absolute atomic E-state index is 0.458. The molecule has 0 bridgehead atoms. The molecule has 0 radical (unpaired) electrons. The van der Waals surface area contributed by atoms with E-state index in [1.807, 2.05) is 0 Å². The number of rotatable bonds is 5. The molecule has 78 valence electrons. The first-order valence-electron chi connectivity index (χ1n) is 4.76. The number of alkyl halides is 1. The lowest BCUT2D eigenvalue weighted by atomic mass is 10.2. The van der Waals surface area contributed by atoms with E-state index in [0.29, 0.717) is 10.7 Å². The molecule has 4 heteroatoms. The first-order chi connectivity index (χ1) is 6.76. The largest absolute Gasteiger partial charge is 0.481 e. The zero-order chi connectivity index (χ0) is 10.4. The zero-order valence-electron chi connectivity index (χ0n) is 8.53. The van der Waals surface area contributed by atoms with Crippen molar-refractivity contribution in [3.05, 3.63) is 18.1 Å². The van der Waals surface area contributed by atoms with E-state index in [1.54, 1.807) is 19.4 Å². The van der Waals surface area contributed by atoms with Gasteiger partial charge in [-0.15, -0.1) is 0 Å². The molecule has 1 aromatic rings. The van der Waals surface area contributed by atoms with Crippen LogP contribution in [0.4, 0.5) is 0 Å². The third-order valence-corrected chi connectivity index (χ3v) is 2.68. The molecule has 1 unspecified atom stereocenters. The molecule has 0 aromatic carbocycles. The van der Waals surface area contributed by atoms with Gasteiger partial charge in [0.1, 0.15) is 5.82 Å². The quantitative estimate of drug-likeness (QED) is 0.762. The van der Waals surface area contributed by atoms with Gasteiger partial charge in [0.05, 0.1) is 7.11 Å². The minimum Gasteiger partial charge on any atom is -0.481 e. The maximum atomic E-state index is 5.03. The van der Waals surface area contributed by atoms with Gasteiger partial charge in [-0.2, -0.15) is 4.98 Å². The fourth-order valence-corrected chi connectivity index (χ4v) is 1.95. The fourth-order valence-electron chi connectivity index (χ4n) is 1.21. The summed E-state index contributed by atoms with van der Waals surface area (Å²) in [7, 11) is 1.61. The van der Waals surface area contributed by atoms with Gasteiger partial charge < -0.3 is 4.74 Å². The van der Waals surface area contributed by atoms with Crippen molar-refractivity contribution in [3.63, 3.8) is 0 Å². The van der Waals surface area contributed by atoms with Gasteiger partial charge in [-0.1, -0.05) is 29.3 Å². The van der Waals surface area contributed by atoms with E-state index < -0.39 is 0 Å². The van der Waals surface area contributed by atoms with Crippen LogP contribution in [0.5, 0.6) is 5.88 Å². The van der Waals surface area contributed by atoms with Crippen molar-refractivity contribution in [2.45, 2.75) is 31.0 Å². The van der Waals surface area contributed by atoms with Crippen molar-refractivity contribution in [2.24, 2.45) is 0 Å². The number of nitrogens with zero attached hydrogens (tertiary/aromatic N) is 2. The highest BCUT2D eigenvalue weighted by Crippen LogP contribution is 2.13. The third kappa shape index (κ3) is 3.62. The number of aromatic nitrogens is 2. The van der Waals surface area contributed by atoms with E-state index in [2.05, 4.69) is 32.8 Å². The first-order valence-corrected chi connectivity index (χ1v) is 5.67. The minimum atomic E-state index is 0.458. The van der Waals surface area contributed by atoms with Crippen molar-refractivity contribution in [1.29, 1.82) is 0 Å². The number of methoxy groups -OCH3 is 1. The summed E-state index contributed by atoms with van der Waals surface area (Å²) in [6.45, 7) is 2.17. The van der Waals surface area contributed by atoms with Crippen molar-refractivity contribution in [2.75, 3.05) is 7.11 Å². The van der Waals surface area contributed by atoms with Crippen LogP contribution >= 0.6 is 15.9 Å². The molecule has 0 saturated carbocycles. The summed E-state index contributed by atoms with van der Waals surface area (Å²) in [5.74, 6) is 1.46. The Labute approximate surface area is 93.0 Å². The Balaban J connectivity index is 2.57. The van der Waals surface area contributed by atoms with Crippen LogP contribution in [-0.4, -0.2) is 21.9 Å². The van der Waals surface area contributed by atoms with Gasteiger partial charge in [0.25, 0.3) is 0 Å². The summed E-state index contributed by atoms with van der Waals surface area (Å²) in [6, 6.07) is 1.76. The molecule has 0 aliphatic heterocycles. The number of hydrogen-bond acceptors (Lipinski definition) is 3. The Kier molecular flexibility index (Phi) is 4.87.